The average Bonchev–Trinajstić information content (AvgIpc) is 2.79. The maximum Gasteiger partial charge on any atom is 0.153 e. The molecule has 0 aliphatic rings. The van der Waals surface area contributed by atoms with Gasteiger partial charge in [0.1, 0.15) is 5.69 Å². The van der Waals surface area contributed by atoms with Gasteiger partial charge in [0.2, 0.25) is 0 Å². The summed E-state index contributed by atoms with van der Waals surface area (Å²) in [6.07, 6.45) is 3.17. The molecule has 0 spiro atoms. The van der Waals surface area contributed by atoms with Crippen molar-refractivity contribution >= 4 is 23.1 Å². The molecule has 164 valence electrons. The Hall–Kier alpha value is -3.56. The summed E-state index contributed by atoms with van der Waals surface area (Å²) in [6.45, 7) is 6.27. The molecule has 0 saturated carbocycles. The van der Waals surface area contributed by atoms with Crippen molar-refractivity contribution in [1.29, 1.82) is 0 Å². The summed E-state index contributed by atoms with van der Waals surface area (Å²) in [4.78, 5) is 3.44. The zero-order valence-corrected chi connectivity index (χ0v) is 19.7. The minimum atomic E-state index is -0.782. The molecule has 0 N–H and O–H groups in total. The number of halogens is 2. The van der Waals surface area contributed by atoms with Crippen LogP contribution in [-0.2, 0) is 0 Å². The number of rotatable bonds is 4. The van der Waals surface area contributed by atoms with Gasteiger partial charge >= 0.3 is 0 Å². The first kappa shape index (κ1) is 24.1. The molecule has 0 aliphatic carbocycles. The maximum absolute atomic E-state index is 14.1. The Kier molecular flexibility index (Phi) is 8.28. The first-order valence-electron chi connectivity index (χ1n) is 10.7. The van der Waals surface area contributed by atoms with Crippen LogP contribution in [0.15, 0.2) is 53.5 Å². The minimum absolute atomic E-state index is 0.412. The SMILES string of the molecule is CCCCC#Cc1c(C)cc(C#Cc2ccc(-c3cc(F)c(N=C=S)c(F)c3)cc2)cc1C. The van der Waals surface area contributed by atoms with Crippen molar-refractivity contribution in [2.75, 3.05) is 0 Å². The minimum Gasteiger partial charge on any atom is -0.204 e. The van der Waals surface area contributed by atoms with E-state index in [0.29, 0.717) is 11.1 Å². The molecule has 1 nitrogen and oxygen atoms in total. The van der Waals surface area contributed by atoms with E-state index in [0.717, 1.165) is 47.1 Å². The number of aliphatic imine (C=N–C) groups is 1. The Balaban J connectivity index is 1.81. The van der Waals surface area contributed by atoms with E-state index >= 15 is 0 Å². The van der Waals surface area contributed by atoms with Crippen molar-refractivity contribution < 1.29 is 8.78 Å². The molecule has 0 unspecified atom stereocenters. The van der Waals surface area contributed by atoms with Crippen molar-refractivity contribution in [3.05, 3.63) is 88.0 Å². The molecular weight excluding hydrogens is 432 g/mol. The van der Waals surface area contributed by atoms with Gasteiger partial charge in [-0.05, 0) is 91.1 Å². The first-order chi connectivity index (χ1) is 15.9. The van der Waals surface area contributed by atoms with Gasteiger partial charge in [-0.15, -0.1) is 0 Å². The van der Waals surface area contributed by atoms with Gasteiger partial charge in [-0.3, -0.25) is 0 Å². The number of nitrogens with zero attached hydrogens (tertiary/aromatic N) is 1. The van der Waals surface area contributed by atoms with E-state index in [1.54, 1.807) is 12.1 Å². The van der Waals surface area contributed by atoms with Crippen LogP contribution in [-0.4, -0.2) is 5.16 Å². The summed E-state index contributed by atoms with van der Waals surface area (Å²) in [5.41, 5.74) is 5.69. The average molecular weight is 456 g/mol. The number of hydrogen-bond acceptors (Lipinski definition) is 2. The van der Waals surface area contributed by atoms with Crippen LogP contribution in [0.5, 0.6) is 0 Å². The number of hydrogen-bond donors (Lipinski definition) is 0. The lowest BCUT2D eigenvalue weighted by molar-refractivity contribution is 0.588. The molecule has 0 bridgehead atoms. The number of thiocarbonyl (C=S) groups is 1. The van der Waals surface area contributed by atoms with Crippen LogP contribution in [0, 0.1) is 49.2 Å². The summed E-state index contributed by atoms with van der Waals surface area (Å²) >= 11 is 4.43. The Morgan fingerprint density at radius 1 is 0.818 bits per heavy atom. The second-order valence-corrected chi connectivity index (χ2v) is 7.89. The highest BCUT2D eigenvalue weighted by Crippen LogP contribution is 2.29. The third kappa shape index (κ3) is 6.24. The largest absolute Gasteiger partial charge is 0.204 e. The normalized spacial score (nSPS) is 9.85. The number of aryl methyl sites for hydroxylation is 2. The monoisotopic (exact) mass is 455 g/mol. The molecule has 0 aromatic heterocycles. The maximum atomic E-state index is 14.1. The number of benzene rings is 3. The van der Waals surface area contributed by atoms with Gasteiger partial charge in [0.05, 0.1) is 5.16 Å². The van der Waals surface area contributed by atoms with Gasteiger partial charge in [0, 0.05) is 23.1 Å². The Morgan fingerprint density at radius 2 is 1.42 bits per heavy atom. The van der Waals surface area contributed by atoms with Gasteiger partial charge in [0.25, 0.3) is 0 Å². The predicted octanol–water partition coefficient (Wildman–Crippen LogP) is 7.92. The highest BCUT2D eigenvalue weighted by atomic mass is 32.1. The second-order valence-electron chi connectivity index (χ2n) is 7.71. The fourth-order valence-electron chi connectivity index (χ4n) is 3.42. The van der Waals surface area contributed by atoms with Crippen molar-refractivity contribution in [3.63, 3.8) is 0 Å². The van der Waals surface area contributed by atoms with Gasteiger partial charge in [-0.25, -0.2) is 8.78 Å². The van der Waals surface area contributed by atoms with E-state index in [-0.39, 0.29) is 0 Å². The molecule has 4 heteroatoms. The van der Waals surface area contributed by atoms with Gasteiger partial charge in [0.15, 0.2) is 11.6 Å². The van der Waals surface area contributed by atoms with Gasteiger partial charge in [-0.1, -0.05) is 49.2 Å². The fourth-order valence-corrected chi connectivity index (χ4v) is 3.52. The first-order valence-corrected chi connectivity index (χ1v) is 11.1. The van der Waals surface area contributed by atoms with Gasteiger partial charge in [-0.2, -0.15) is 4.99 Å². The second kappa shape index (κ2) is 11.3. The number of isothiocyanates is 1. The molecule has 0 atom stereocenters. The van der Waals surface area contributed by atoms with E-state index in [1.165, 1.54) is 12.1 Å². The van der Waals surface area contributed by atoms with E-state index in [2.05, 4.69) is 61.7 Å². The molecule has 0 radical (unpaired) electrons. The molecule has 3 aromatic rings. The molecule has 3 aromatic carbocycles. The van der Waals surface area contributed by atoms with E-state index in [9.17, 15) is 8.78 Å². The van der Waals surface area contributed by atoms with Crippen molar-refractivity contribution in [2.24, 2.45) is 4.99 Å². The van der Waals surface area contributed by atoms with E-state index in [4.69, 9.17) is 0 Å². The standard InChI is InChI=1S/C29H23F2NS/c1-4-5-6-7-8-26-20(2)15-23(16-21(26)3)10-9-22-11-13-24(14-12-22)25-17-27(30)29(32-19-33)28(31)18-25/h11-18H,4-6H2,1-3H3. The summed E-state index contributed by atoms with van der Waals surface area (Å²) in [7, 11) is 0. The molecule has 0 heterocycles. The van der Waals surface area contributed by atoms with Crippen molar-refractivity contribution in [2.45, 2.75) is 40.0 Å². The summed E-state index contributed by atoms with van der Waals surface area (Å²) in [5, 5.41) is 1.99. The summed E-state index contributed by atoms with van der Waals surface area (Å²) < 4.78 is 28.2. The third-order valence-electron chi connectivity index (χ3n) is 5.15. The molecule has 0 amide bonds. The quantitative estimate of drug-likeness (QED) is 0.168. The van der Waals surface area contributed by atoms with Crippen LogP contribution in [0.4, 0.5) is 14.5 Å². The summed E-state index contributed by atoms with van der Waals surface area (Å²) in [5.74, 6) is 11.3. The Morgan fingerprint density at radius 3 is 2.00 bits per heavy atom. The highest BCUT2D eigenvalue weighted by Gasteiger charge is 2.11. The summed E-state index contributed by atoms with van der Waals surface area (Å²) in [6, 6.07) is 13.8. The Bertz CT molecular complexity index is 1300. The molecule has 3 rings (SSSR count). The third-order valence-corrected chi connectivity index (χ3v) is 5.24. The lowest BCUT2D eigenvalue weighted by atomic mass is 9.99. The van der Waals surface area contributed by atoms with Crippen LogP contribution in [0.1, 0.15) is 54.0 Å². The van der Waals surface area contributed by atoms with Crippen molar-refractivity contribution in [3.8, 4) is 34.8 Å². The van der Waals surface area contributed by atoms with Crippen LogP contribution in [0.25, 0.3) is 11.1 Å². The molecule has 0 saturated heterocycles. The molecular formula is C29H23F2NS. The van der Waals surface area contributed by atoms with E-state index < -0.39 is 17.3 Å². The predicted molar refractivity (Wildman–Crippen MR) is 135 cm³/mol. The number of unbranched alkanes of at least 4 members (excludes halogenated alkanes) is 2. The molecule has 33 heavy (non-hydrogen) atoms. The van der Waals surface area contributed by atoms with Crippen LogP contribution in [0.3, 0.4) is 0 Å². The highest BCUT2D eigenvalue weighted by molar-refractivity contribution is 7.78. The lowest BCUT2D eigenvalue weighted by Gasteiger charge is -2.05. The van der Waals surface area contributed by atoms with Crippen LogP contribution >= 0.6 is 12.2 Å². The molecule has 0 fully saturated rings. The van der Waals surface area contributed by atoms with Gasteiger partial charge < -0.3 is 0 Å². The van der Waals surface area contributed by atoms with Crippen LogP contribution < -0.4 is 0 Å². The molecule has 0 aliphatic heterocycles. The Labute approximate surface area is 199 Å². The van der Waals surface area contributed by atoms with Crippen LogP contribution in [0.2, 0.25) is 0 Å². The topological polar surface area (TPSA) is 12.4 Å². The zero-order valence-electron chi connectivity index (χ0n) is 18.9. The lowest BCUT2D eigenvalue weighted by Crippen LogP contribution is -1.90. The zero-order chi connectivity index (χ0) is 23.8. The fraction of sp³-hybridized carbons (Fsp3) is 0.207. The smallest absolute Gasteiger partial charge is 0.153 e. The van der Waals surface area contributed by atoms with E-state index in [1.807, 2.05) is 29.4 Å². The van der Waals surface area contributed by atoms with Crippen molar-refractivity contribution in [1.82, 2.24) is 0 Å².